The lowest BCUT2D eigenvalue weighted by molar-refractivity contribution is 0.147. The number of ether oxygens (including phenoxy) is 2. The molecule has 100 valence electrons. The molecule has 1 aromatic carbocycles. The van der Waals surface area contributed by atoms with Gasteiger partial charge in [-0.2, -0.15) is 5.10 Å². The maximum Gasteiger partial charge on any atom is 0.161 e. The predicted molar refractivity (Wildman–Crippen MR) is 69.4 cm³/mol. The van der Waals surface area contributed by atoms with Crippen molar-refractivity contribution in [3.8, 4) is 11.5 Å². The lowest BCUT2D eigenvalue weighted by atomic mass is 10.1. The molecule has 1 unspecified atom stereocenters. The quantitative estimate of drug-likeness (QED) is 0.912. The summed E-state index contributed by atoms with van der Waals surface area (Å²) in [5.74, 6) is 1.43. The molecule has 1 atom stereocenters. The highest BCUT2D eigenvalue weighted by atomic mass is 16.6. The van der Waals surface area contributed by atoms with Gasteiger partial charge in [-0.3, -0.25) is 4.68 Å². The molecular formula is C14H16N2O3. The van der Waals surface area contributed by atoms with E-state index in [1.807, 2.05) is 37.4 Å². The molecule has 1 aliphatic rings. The van der Waals surface area contributed by atoms with Gasteiger partial charge in [0.15, 0.2) is 11.5 Å². The summed E-state index contributed by atoms with van der Waals surface area (Å²) in [5.41, 5.74) is 1.74. The highest BCUT2D eigenvalue weighted by Crippen LogP contribution is 2.32. The van der Waals surface area contributed by atoms with Crippen molar-refractivity contribution in [2.75, 3.05) is 13.2 Å². The van der Waals surface area contributed by atoms with Crippen molar-refractivity contribution in [3.63, 3.8) is 0 Å². The first-order valence-electron chi connectivity index (χ1n) is 6.30. The van der Waals surface area contributed by atoms with Crippen LogP contribution in [0.4, 0.5) is 0 Å². The molecular weight excluding hydrogens is 244 g/mol. The van der Waals surface area contributed by atoms with Crippen molar-refractivity contribution in [1.82, 2.24) is 9.78 Å². The Balaban J connectivity index is 1.77. The third-order valence-electron chi connectivity index (χ3n) is 3.08. The van der Waals surface area contributed by atoms with Gasteiger partial charge in [-0.15, -0.1) is 0 Å². The first-order chi connectivity index (χ1) is 9.22. The first-order valence-corrected chi connectivity index (χ1v) is 6.30. The van der Waals surface area contributed by atoms with E-state index in [9.17, 15) is 5.11 Å². The summed E-state index contributed by atoms with van der Waals surface area (Å²) in [6.45, 7) is 3.47. The average molecular weight is 260 g/mol. The zero-order chi connectivity index (χ0) is 13.2. The van der Waals surface area contributed by atoms with E-state index >= 15 is 0 Å². The molecule has 5 nitrogen and oxygen atoms in total. The number of hydrogen-bond acceptors (Lipinski definition) is 4. The third kappa shape index (κ3) is 2.56. The molecule has 0 saturated carbocycles. The molecule has 19 heavy (non-hydrogen) atoms. The number of hydrogen-bond donors (Lipinski definition) is 1. The summed E-state index contributed by atoms with van der Waals surface area (Å²) < 4.78 is 12.7. The minimum Gasteiger partial charge on any atom is -0.486 e. The Labute approximate surface area is 111 Å². The molecule has 0 spiro atoms. The molecule has 0 saturated heterocycles. The molecule has 0 aliphatic carbocycles. The molecule has 1 N–H and O–H groups in total. The zero-order valence-corrected chi connectivity index (χ0v) is 10.7. The van der Waals surface area contributed by atoms with Crippen LogP contribution in [-0.4, -0.2) is 28.1 Å². The number of fused-ring (bicyclic) bond motifs is 1. The van der Waals surface area contributed by atoms with Crippen LogP contribution in [0.3, 0.4) is 0 Å². The summed E-state index contributed by atoms with van der Waals surface area (Å²) in [6.07, 6.45) is 1.24. The fourth-order valence-corrected chi connectivity index (χ4v) is 2.11. The second-order valence-electron chi connectivity index (χ2n) is 4.60. The number of benzene rings is 1. The summed E-state index contributed by atoms with van der Waals surface area (Å²) in [7, 11) is 0. The van der Waals surface area contributed by atoms with Gasteiger partial charge in [0.1, 0.15) is 13.2 Å². The largest absolute Gasteiger partial charge is 0.486 e. The second kappa shape index (κ2) is 4.93. The number of aryl methyl sites for hydroxylation is 1. The number of rotatable bonds is 3. The molecule has 0 fully saturated rings. The Morgan fingerprint density at radius 3 is 2.79 bits per heavy atom. The van der Waals surface area contributed by atoms with Crippen molar-refractivity contribution >= 4 is 0 Å². The number of aliphatic hydroxyl groups excluding tert-OH is 1. The van der Waals surface area contributed by atoms with E-state index in [4.69, 9.17) is 9.47 Å². The molecule has 0 radical (unpaired) electrons. The molecule has 2 heterocycles. The van der Waals surface area contributed by atoms with Crippen LogP contribution in [0.2, 0.25) is 0 Å². The van der Waals surface area contributed by atoms with Gasteiger partial charge in [-0.1, -0.05) is 6.07 Å². The average Bonchev–Trinajstić information content (AvgIpc) is 2.83. The minimum atomic E-state index is -0.616. The molecule has 3 rings (SSSR count). The lowest BCUT2D eigenvalue weighted by Crippen LogP contribution is -2.16. The number of aliphatic hydroxyl groups is 1. The van der Waals surface area contributed by atoms with E-state index in [0.29, 0.717) is 25.5 Å². The zero-order valence-electron chi connectivity index (χ0n) is 10.7. The van der Waals surface area contributed by atoms with Gasteiger partial charge in [-0.25, -0.2) is 0 Å². The lowest BCUT2D eigenvalue weighted by Gasteiger charge is -2.20. The Hall–Kier alpha value is -2.01. The van der Waals surface area contributed by atoms with E-state index in [-0.39, 0.29) is 0 Å². The van der Waals surface area contributed by atoms with Crippen LogP contribution in [0, 0.1) is 6.92 Å². The highest BCUT2D eigenvalue weighted by molar-refractivity contribution is 5.44. The van der Waals surface area contributed by atoms with E-state index in [1.54, 1.807) is 4.68 Å². The van der Waals surface area contributed by atoms with Crippen molar-refractivity contribution in [1.29, 1.82) is 0 Å². The maximum absolute atomic E-state index is 10.2. The first kappa shape index (κ1) is 12.0. The summed E-state index contributed by atoms with van der Waals surface area (Å²) in [5, 5.41) is 14.5. The van der Waals surface area contributed by atoms with Gasteiger partial charge in [0.05, 0.1) is 18.3 Å². The van der Waals surface area contributed by atoms with E-state index in [2.05, 4.69) is 5.10 Å². The number of aromatic nitrogens is 2. The van der Waals surface area contributed by atoms with Gasteiger partial charge in [0.25, 0.3) is 0 Å². The van der Waals surface area contributed by atoms with E-state index < -0.39 is 6.10 Å². The predicted octanol–water partition coefficient (Wildman–Crippen LogP) is 1.70. The van der Waals surface area contributed by atoms with Crippen molar-refractivity contribution in [3.05, 3.63) is 41.7 Å². The fourth-order valence-electron chi connectivity index (χ4n) is 2.11. The van der Waals surface area contributed by atoms with Crippen molar-refractivity contribution in [2.24, 2.45) is 0 Å². The molecule has 1 aromatic heterocycles. The minimum absolute atomic E-state index is 0.424. The fraction of sp³-hybridized carbons (Fsp3) is 0.357. The van der Waals surface area contributed by atoms with Crippen molar-refractivity contribution in [2.45, 2.75) is 19.6 Å². The normalized spacial score (nSPS) is 15.3. The number of nitrogens with zero attached hydrogens (tertiary/aromatic N) is 2. The Morgan fingerprint density at radius 2 is 2.05 bits per heavy atom. The van der Waals surface area contributed by atoms with Gasteiger partial charge in [0.2, 0.25) is 0 Å². The summed E-state index contributed by atoms with van der Waals surface area (Å²) >= 11 is 0. The summed E-state index contributed by atoms with van der Waals surface area (Å²) in [6, 6.07) is 7.43. The van der Waals surface area contributed by atoms with E-state index in [0.717, 1.165) is 17.0 Å². The van der Waals surface area contributed by atoms with Crippen LogP contribution in [-0.2, 0) is 6.54 Å². The van der Waals surface area contributed by atoms with Gasteiger partial charge in [0, 0.05) is 6.20 Å². The Bertz CT molecular complexity index is 580. The van der Waals surface area contributed by atoms with Crippen molar-refractivity contribution < 1.29 is 14.6 Å². The Kier molecular flexibility index (Phi) is 3.13. The van der Waals surface area contributed by atoms with Crippen LogP contribution < -0.4 is 9.47 Å². The van der Waals surface area contributed by atoms with Gasteiger partial charge >= 0.3 is 0 Å². The maximum atomic E-state index is 10.2. The van der Waals surface area contributed by atoms with Gasteiger partial charge < -0.3 is 14.6 Å². The second-order valence-corrected chi connectivity index (χ2v) is 4.60. The molecule has 2 aromatic rings. The van der Waals surface area contributed by atoms with E-state index in [1.165, 1.54) is 0 Å². The van der Waals surface area contributed by atoms with Crippen LogP contribution in [0.15, 0.2) is 30.5 Å². The molecule has 0 amide bonds. The third-order valence-corrected chi connectivity index (χ3v) is 3.08. The molecule has 5 heteroatoms. The Morgan fingerprint density at radius 1 is 1.26 bits per heavy atom. The van der Waals surface area contributed by atoms with Crippen LogP contribution in [0.25, 0.3) is 0 Å². The topological polar surface area (TPSA) is 56.5 Å². The monoisotopic (exact) mass is 260 g/mol. The molecule has 1 aliphatic heterocycles. The highest BCUT2D eigenvalue weighted by Gasteiger charge is 2.15. The summed E-state index contributed by atoms with van der Waals surface area (Å²) in [4.78, 5) is 0. The standard InChI is InChI=1S/C14H16N2O3/c1-10-4-5-16(15-10)9-12(17)11-2-3-13-14(8-11)19-7-6-18-13/h2-5,8,12,17H,6-7,9H2,1H3. The van der Waals surface area contributed by atoms with Gasteiger partial charge in [-0.05, 0) is 30.7 Å². The van der Waals surface area contributed by atoms with Crippen LogP contribution >= 0.6 is 0 Å². The SMILES string of the molecule is Cc1ccn(CC(O)c2ccc3c(c2)OCCO3)n1. The van der Waals surface area contributed by atoms with Crippen LogP contribution in [0.1, 0.15) is 17.4 Å². The molecule has 0 bridgehead atoms. The van der Waals surface area contributed by atoms with Crippen LogP contribution in [0.5, 0.6) is 11.5 Å². The smallest absolute Gasteiger partial charge is 0.161 e.